The monoisotopic (exact) mass is 463 g/mol. The highest BCUT2D eigenvalue weighted by Gasteiger charge is 2.35. The summed E-state index contributed by atoms with van der Waals surface area (Å²) in [6, 6.07) is 16.6. The standard InChI is InChI=1S/C23H29NO.HI/c1-3-13-23(20-9-5-4-6-10-20,14-17-24-15-7-8-16-24)21-18-19(2)11-12-22(21)25;/h3-6,9-12,18,25H,1,7-8,13-17H2,2H3;1H. The molecular formula is C23H30INO. The number of aromatic hydroxyl groups is 1. The van der Waals surface area contributed by atoms with Crippen molar-refractivity contribution in [3.63, 3.8) is 0 Å². The van der Waals surface area contributed by atoms with Crippen LogP contribution in [-0.2, 0) is 5.41 Å². The van der Waals surface area contributed by atoms with Gasteiger partial charge in [-0.3, -0.25) is 0 Å². The van der Waals surface area contributed by atoms with E-state index in [1.165, 1.54) is 37.1 Å². The molecule has 0 aromatic heterocycles. The summed E-state index contributed by atoms with van der Waals surface area (Å²) in [7, 11) is 0. The largest absolute Gasteiger partial charge is 0.508 e. The number of hydrogen-bond donors (Lipinski definition) is 1. The highest BCUT2D eigenvalue weighted by atomic mass is 127. The maximum atomic E-state index is 10.7. The maximum Gasteiger partial charge on any atom is 0.119 e. The number of benzene rings is 2. The molecule has 0 aliphatic carbocycles. The van der Waals surface area contributed by atoms with Crippen molar-refractivity contribution >= 4 is 24.0 Å². The van der Waals surface area contributed by atoms with Crippen molar-refractivity contribution in [3.8, 4) is 5.75 Å². The van der Waals surface area contributed by atoms with E-state index in [1.54, 1.807) is 0 Å². The first-order valence-corrected chi connectivity index (χ1v) is 9.34. The molecule has 0 saturated carbocycles. The molecule has 1 fully saturated rings. The Morgan fingerprint density at radius 2 is 1.81 bits per heavy atom. The molecule has 3 heteroatoms. The van der Waals surface area contributed by atoms with E-state index < -0.39 is 0 Å². The summed E-state index contributed by atoms with van der Waals surface area (Å²) in [5.41, 5.74) is 3.23. The van der Waals surface area contributed by atoms with Crippen molar-refractivity contribution in [3.05, 3.63) is 77.9 Å². The van der Waals surface area contributed by atoms with Crippen molar-refractivity contribution < 1.29 is 5.11 Å². The topological polar surface area (TPSA) is 23.5 Å². The predicted octanol–water partition coefficient (Wildman–Crippen LogP) is 5.67. The maximum absolute atomic E-state index is 10.7. The molecule has 1 unspecified atom stereocenters. The molecule has 0 bridgehead atoms. The van der Waals surface area contributed by atoms with Gasteiger partial charge in [0.05, 0.1) is 0 Å². The average Bonchev–Trinajstić information content (AvgIpc) is 3.15. The number of likely N-dealkylation sites (tertiary alicyclic amines) is 1. The molecule has 0 amide bonds. The second-order valence-electron chi connectivity index (χ2n) is 7.26. The summed E-state index contributed by atoms with van der Waals surface area (Å²) in [4.78, 5) is 2.55. The molecule has 3 rings (SSSR count). The third-order valence-corrected chi connectivity index (χ3v) is 5.54. The number of hydrogen-bond acceptors (Lipinski definition) is 2. The third kappa shape index (κ3) is 4.49. The van der Waals surface area contributed by atoms with Gasteiger partial charge < -0.3 is 10.0 Å². The van der Waals surface area contributed by atoms with Crippen LogP contribution in [0.4, 0.5) is 0 Å². The Hall–Kier alpha value is -1.33. The van der Waals surface area contributed by atoms with Crippen LogP contribution >= 0.6 is 24.0 Å². The Morgan fingerprint density at radius 3 is 2.46 bits per heavy atom. The van der Waals surface area contributed by atoms with Crippen LogP contribution in [0.5, 0.6) is 5.75 Å². The van der Waals surface area contributed by atoms with Gasteiger partial charge in [0.15, 0.2) is 0 Å². The highest BCUT2D eigenvalue weighted by molar-refractivity contribution is 14.0. The fraction of sp³-hybridized carbons (Fsp3) is 0.391. The summed E-state index contributed by atoms with van der Waals surface area (Å²) in [5, 5.41) is 10.7. The zero-order valence-electron chi connectivity index (χ0n) is 15.7. The minimum Gasteiger partial charge on any atom is -0.508 e. The number of rotatable bonds is 7. The lowest BCUT2D eigenvalue weighted by Gasteiger charge is -2.36. The SMILES string of the molecule is C=CCC(CCN1CCCC1)(c1ccccc1)c1cc(C)ccc1O.I. The molecule has 0 spiro atoms. The molecule has 1 aliphatic heterocycles. The summed E-state index contributed by atoms with van der Waals surface area (Å²) in [6.45, 7) is 9.56. The van der Waals surface area contributed by atoms with Crippen molar-refractivity contribution in [2.45, 2.75) is 38.0 Å². The van der Waals surface area contributed by atoms with Crippen LogP contribution in [0.2, 0.25) is 0 Å². The Balaban J connectivity index is 0.00000243. The first-order chi connectivity index (χ1) is 12.2. The molecule has 1 N–H and O–H groups in total. The van der Waals surface area contributed by atoms with Crippen molar-refractivity contribution in [1.29, 1.82) is 0 Å². The highest BCUT2D eigenvalue weighted by Crippen LogP contribution is 2.44. The molecule has 26 heavy (non-hydrogen) atoms. The lowest BCUT2D eigenvalue weighted by atomic mass is 9.69. The number of allylic oxidation sites excluding steroid dienone is 1. The molecule has 1 saturated heterocycles. The second-order valence-corrected chi connectivity index (χ2v) is 7.26. The van der Waals surface area contributed by atoms with E-state index in [9.17, 15) is 5.11 Å². The smallest absolute Gasteiger partial charge is 0.119 e. The molecular weight excluding hydrogens is 433 g/mol. The number of halogens is 1. The molecule has 2 nitrogen and oxygen atoms in total. The van der Waals surface area contributed by atoms with Crippen LogP contribution in [0, 0.1) is 6.92 Å². The van der Waals surface area contributed by atoms with Crippen LogP contribution < -0.4 is 0 Å². The molecule has 0 radical (unpaired) electrons. The van der Waals surface area contributed by atoms with Gasteiger partial charge in [-0.2, -0.15) is 0 Å². The molecule has 2 aromatic rings. The van der Waals surface area contributed by atoms with Crippen molar-refractivity contribution in [2.24, 2.45) is 0 Å². The predicted molar refractivity (Wildman–Crippen MR) is 121 cm³/mol. The van der Waals surface area contributed by atoms with Gasteiger partial charge in [0.25, 0.3) is 0 Å². The van der Waals surface area contributed by atoms with E-state index in [0.29, 0.717) is 5.75 Å². The molecule has 1 atom stereocenters. The fourth-order valence-electron chi connectivity index (χ4n) is 4.16. The van der Waals surface area contributed by atoms with Gasteiger partial charge in [-0.25, -0.2) is 0 Å². The number of phenolic OH excluding ortho intramolecular Hbond substituents is 1. The van der Waals surface area contributed by atoms with E-state index in [-0.39, 0.29) is 29.4 Å². The Labute approximate surface area is 175 Å². The van der Waals surface area contributed by atoms with E-state index in [1.807, 2.05) is 18.2 Å². The number of phenols is 1. The van der Waals surface area contributed by atoms with E-state index in [4.69, 9.17) is 0 Å². The van der Waals surface area contributed by atoms with Crippen LogP contribution in [0.25, 0.3) is 0 Å². The summed E-state index contributed by atoms with van der Waals surface area (Å²) in [5.74, 6) is 0.387. The number of nitrogens with zero attached hydrogens (tertiary/aromatic N) is 1. The van der Waals surface area contributed by atoms with E-state index in [2.05, 4.69) is 54.8 Å². The first-order valence-electron chi connectivity index (χ1n) is 9.34. The zero-order chi connectivity index (χ0) is 17.7. The zero-order valence-corrected chi connectivity index (χ0v) is 18.0. The Morgan fingerprint density at radius 1 is 1.12 bits per heavy atom. The second kappa shape index (κ2) is 9.56. The lowest BCUT2D eigenvalue weighted by Crippen LogP contribution is -2.33. The Bertz CT molecular complexity index is 709. The van der Waals surface area contributed by atoms with Crippen LogP contribution in [0.1, 0.15) is 42.4 Å². The molecule has 1 aliphatic rings. The van der Waals surface area contributed by atoms with Gasteiger partial charge in [0.2, 0.25) is 0 Å². The minimum atomic E-state index is -0.234. The Kier molecular flexibility index (Phi) is 7.71. The van der Waals surface area contributed by atoms with Gasteiger partial charge in [-0.05, 0) is 63.9 Å². The lowest BCUT2D eigenvalue weighted by molar-refractivity contribution is 0.294. The van der Waals surface area contributed by atoms with Gasteiger partial charge in [-0.15, -0.1) is 30.6 Å². The van der Waals surface area contributed by atoms with Crippen molar-refractivity contribution in [1.82, 2.24) is 4.90 Å². The van der Waals surface area contributed by atoms with Crippen LogP contribution in [0.3, 0.4) is 0 Å². The van der Waals surface area contributed by atoms with Crippen LogP contribution in [-0.4, -0.2) is 29.6 Å². The van der Waals surface area contributed by atoms with E-state index >= 15 is 0 Å². The van der Waals surface area contributed by atoms with Gasteiger partial charge >= 0.3 is 0 Å². The van der Waals surface area contributed by atoms with Gasteiger partial charge in [0, 0.05) is 11.0 Å². The quantitative estimate of drug-likeness (QED) is 0.423. The van der Waals surface area contributed by atoms with Gasteiger partial charge in [-0.1, -0.05) is 54.1 Å². The number of aryl methyl sites for hydroxylation is 1. The summed E-state index contributed by atoms with van der Waals surface area (Å²) < 4.78 is 0. The molecule has 1 heterocycles. The third-order valence-electron chi connectivity index (χ3n) is 5.54. The fourth-order valence-corrected chi connectivity index (χ4v) is 4.16. The minimum absolute atomic E-state index is 0. The van der Waals surface area contributed by atoms with Crippen LogP contribution in [0.15, 0.2) is 61.2 Å². The van der Waals surface area contributed by atoms with E-state index in [0.717, 1.165) is 24.9 Å². The molecule has 140 valence electrons. The molecule has 2 aromatic carbocycles. The first kappa shape index (κ1) is 21.0. The van der Waals surface area contributed by atoms with Gasteiger partial charge in [0.1, 0.15) is 5.75 Å². The average molecular weight is 463 g/mol. The summed E-state index contributed by atoms with van der Waals surface area (Å²) >= 11 is 0. The summed E-state index contributed by atoms with van der Waals surface area (Å²) in [6.07, 6.45) is 6.41. The normalized spacial score (nSPS) is 16.7. The van der Waals surface area contributed by atoms with Crippen molar-refractivity contribution in [2.75, 3.05) is 19.6 Å².